The number of nitrogens with one attached hydrogen (secondary N) is 1. The van der Waals surface area contributed by atoms with Gasteiger partial charge in [0.2, 0.25) is 0 Å². The highest BCUT2D eigenvalue weighted by atomic mass is 16.6. The molecule has 154 valence electrons. The quantitative estimate of drug-likeness (QED) is 0.718. The normalized spacial score (nSPS) is 18.3. The number of piperidine rings is 1. The van der Waals surface area contributed by atoms with E-state index in [0.29, 0.717) is 32.0 Å². The SMILES string of the molecule is O=C(c1cnc2ccccn2c1=O)N1CCCC(Nc2ccc3c(c2)OCCO3)C1. The summed E-state index contributed by atoms with van der Waals surface area (Å²) in [6.07, 6.45) is 4.81. The number of carbonyl (C=O) groups is 1. The molecule has 1 amide bonds. The number of carbonyl (C=O) groups excluding carboxylic acids is 1. The highest BCUT2D eigenvalue weighted by Gasteiger charge is 2.27. The van der Waals surface area contributed by atoms with Gasteiger partial charge in [-0.25, -0.2) is 4.98 Å². The van der Waals surface area contributed by atoms with Crippen molar-refractivity contribution in [3.63, 3.8) is 0 Å². The van der Waals surface area contributed by atoms with E-state index in [1.165, 1.54) is 10.6 Å². The van der Waals surface area contributed by atoms with Gasteiger partial charge in [-0.05, 0) is 37.1 Å². The average Bonchev–Trinajstić information content (AvgIpc) is 2.79. The predicted molar refractivity (Wildman–Crippen MR) is 111 cm³/mol. The van der Waals surface area contributed by atoms with E-state index in [9.17, 15) is 9.59 Å². The zero-order chi connectivity index (χ0) is 20.5. The second kappa shape index (κ2) is 7.70. The maximum atomic E-state index is 13.1. The van der Waals surface area contributed by atoms with E-state index in [0.717, 1.165) is 30.0 Å². The van der Waals surface area contributed by atoms with E-state index in [-0.39, 0.29) is 23.1 Å². The van der Waals surface area contributed by atoms with E-state index in [1.807, 2.05) is 24.3 Å². The molecule has 30 heavy (non-hydrogen) atoms. The lowest BCUT2D eigenvalue weighted by molar-refractivity contribution is 0.0712. The molecule has 1 unspecified atom stereocenters. The number of benzene rings is 1. The van der Waals surface area contributed by atoms with Crippen molar-refractivity contribution in [2.75, 3.05) is 31.6 Å². The topological polar surface area (TPSA) is 85.2 Å². The molecule has 0 bridgehead atoms. The lowest BCUT2D eigenvalue weighted by atomic mass is 10.0. The van der Waals surface area contributed by atoms with Gasteiger partial charge in [0.05, 0.1) is 0 Å². The number of anilines is 1. The summed E-state index contributed by atoms with van der Waals surface area (Å²) in [4.78, 5) is 31.8. The number of fused-ring (bicyclic) bond motifs is 2. The van der Waals surface area contributed by atoms with Crippen LogP contribution in [0.15, 0.2) is 53.6 Å². The van der Waals surface area contributed by atoms with Gasteiger partial charge >= 0.3 is 0 Å². The Balaban J connectivity index is 1.32. The van der Waals surface area contributed by atoms with Gasteiger partial charge in [-0.3, -0.25) is 14.0 Å². The third-order valence-electron chi connectivity index (χ3n) is 5.47. The fraction of sp³-hybridized carbons (Fsp3) is 0.318. The zero-order valence-corrected chi connectivity index (χ0v) is 16.4. The van der Waals surface area contributed by atoms with Crippen molar-refractivity contribution in [3.8, 4) is 11.5 Å². The van der Waals surface area contributed by atoms with Crippen molar-refractivity contribution in [1.29, 1.82) is 0 Å². The summed E-state index contributed by atoms with van der Waals surface area (Å²) < 4.78 is 12.6. The lowest BCUT2D eigenvalue weighted by Gasteiger charge is -2.33. The Morgan fingerprint density at radius 1 is 1.13 bits per heavy atom. The summed E-state index contributed by atoms with van der Waals surface area (Å²) in [5, 5.41) is 3.48. The molecular formula is C22H22N4O4. The summed E-state index contributed by atoms with van der Waals surface area (Å²) in [6.45, 7) is 2.24. The molecule has 2 aliphatic heterocycles. The summed E-state index contributed by atoms with van der Waals surface area (Å²) in [5.74, 6) is 1.20. The number of pyridine rings is 1. The van der Waals surface area contributed by atoms with Crippen LogP contribution < -0.4 is 20.3 Å². The van der Waals surface area contributed by atoms with Gasteiger partial charge in [0.15, 0.2) is 11.5 Å². The minimum atomic E-state index is -0.340. The molecule has 0 aliphatic carbocycles. The van der Waals surface area contributed by atoms with Gasteiger partial charge in [-0.1, -0.05) is 6.07 Å². The third kappa shape index (κ3) is 3.45. The van der Waals surface area contributed by atoms with Crippen LogP contribution in [-0.4, -0.2) is 52.5 Å². The Hall–Kier alpha value is -3.55. The minimum absolute atomic E-state index is 0.0847. The molecule has 0 radical (unpaired) electrons. The van der Waals surface area contributed by atoms with Gasteiger partial charge < -0.3 is 19.7 Å². The molecular weight excluding hydrogens is 384 g/mol. The molecule has 1 fully saturated rings. The van der Waals surface area contributed by atoms with Crippen LogP contribution in [0.5, 0.6) is 11.5 Å². The molecule has 2 aromatic heterocycles. The number of ether oxygens (including phenoxy) is 2. The van der Waals surface area contributed by atoms with Crippen molar-refractivity contribution in [2.45, 2.75) is 18.9 Å². The van der Waals surface area contributed by atoms with Crippen molar-refractivity contribution in [1.82, 2.24) is 14.3 Å². The first-order chi connectivity index (χ1) is 14.7. The second-order valence-corrected chi connectivity index (χ2v) is 7.50. The highest BCUT2D eigenvalue weighted by molar-refractivity contribution is 5.94. The minimum Gasteiger partial charge on any atom is -0.486 e. The average molecular weight is 406 g/mol. The monoisotopic (exact) mass is 406 g/mol. The van der Waals surface area contributed by atoms with Crippen LogP contribution in [0.1, 0.15) is 23.2 Å². The fourth-order valence-corrected chi connectivity index (χ4v) is 3.99. The van der Waals surface area contributed by atoms with Crippen LogP contribution in [-0.2, 0) is 0 Å². The maximum absolute atomic E-state index is 13.1. The van der Waals surface area contributed by atoms with Crippen LogP contribution in [0.4, 0.5) is 5.69 Å². The first kappa shape index (κ1) is 18.5. The molecule has 3 aromatic rings. The number of hydrogen-bond donors (Lipinski definition) is 1. The number of amides is 1. The molecule has 4 heterocycles. The van der Waals surface area contributed by atoms with Crippen LogP contribution in [0.2, 0.25) is 0 Å². The predicted octanol–water partition coefficient (Wildman–Crippen LogP) is 2.18. The number of hydrogen-bond acceptors (Lipinski definition) is 6. The van der Waals surface area contributed by atoms with Crippen molar-refractivity contribution < 1.29 is 14.3 Å². The van der Waals surface area contributed by atoms with E-state index >= 15 is 0 Å². The van der Waals surface area contributed by atoms with E-state index < -0.39 is 0 Å². The molecule has 1 N–H and O–H groups in total. The van der Waals surface area contributed by atoms with E-state index in [4.69, 9.17) is 9.47 Å². The molecule has 5 rings (SSSR count). The summed E-state index contributed by atoms with van der Waals surface area (Å²) in [7, 11) is 0. The Morgan fingerprint density at radius 3 is 2.90 bits per heavy atom. The molecule has 1 atom stereocenters. The Morgan fingerprint density at radius 2 is 2.00 bits per heavy atom. The van der Waals surface area contributed by atoms with Crippen molar-refractivity contribution >= 4 is 17.2 Å². The van der Waals surface area contributed by atoms with Gasteiger partial charge in [-0.15, -0.1) is 0 Å². The van der Waals surface area contributed by atoms with E-state index in [1.54, 1.807) is 23.2 Å². The van der Waals surface area contributed by atoms with Gasteiger partial charge in [0.1, 0.15) is 24.4 Å². The first-order valence-electron chi connectivity index (χ1n) is 10.1. The third-order valence-corrected chi connectivity index (χ3v) is 5.47. The number of aromatic nitrogens is 2. The number of nitrogens with zero attached hydrogens (tertiary/aromatic N) is 3. The summed E-state index contributed by atoms with van der Waals surface area (Å²) >= 11 is 0. The molecule has 1 aromatic carbocycles. The van der Waals surface area contributed by atoms with Gasteiger partial charge in [0, 0.05) is 43.3 Å². The van der Waals surface area contributed by atoms with Crippen LogP contribution in [0, 0.1) is 0 Å². The zero-order valence-electron chi connectivity index (χ0n) is 16.4. The van der Waals surface area contributed by atoms with Crippen molar-refractivity contribution in [2.24, 2.45) is 0 Å². The molecule has 0 spiro atoms. The molecule has 0 saturated carbocycles. The fourth-order valence-electron chi connectivity index (χ4n) is 3.99. The van der Waals surface area contributed by atoms with Gasteiger partial charge in [-0.2, -0.15) is 0 Å². The maximum Gasteiger partial charge on any atom is 0.270 e. The van der Waals surface area contributed by atoms with Crippen LogP contribution >= 0.6 is 0 Å². The Bertz CT molecular complexity index is 1160. The van der Waals surface area contributed by atoms with Gasteiger partial charge in [0.25, 0.3) is 11.5 Å². The highest BCUT2D eigenvalue weighted by Crippen LogP contribution is 2.33. The number of likely N-dealkylation sites (tertiary alicyclic amines) is 1. The number of rotatable bonds is 3. The smallest absolute Gasteiger partial charge is 0.270 e. The first-order valence-corrected chi connectivity index (χ1v) is 10.1. The molecule has 2 aliphatic rings. The summed E-state index contributed by atoms with van der Waals surface area (Å²) in [6, 6.07) is 11.2. The van der Waals surface area contributed by atoms with Crippen LogP contribution in [0.3, 0.4) is 0 Å². The molecule has 1 saturated heterocycles. The standard InChI is InChI=1S/C22H22N4O4/c27-21(17-13-23-20-5-1-2-9-26(20)22(17)28)25-8-3-4-16(14-25)24-15-6-7-18-19(12-15)30-11-10-29-18/h1-2,5-7,9,12-13,16,24H,3-4,8,10-11,14H2. The largest absolute Gasteiger partial charge is 0.486 e. The Labute approximate surface area is 173 Å². The molecule has 8 heteroatoms. The van der Waals surface area contributed by atoms with Crippen molar-refractivity contribution in [3.05, 3.63) is 64.7 Å². The Kier molecular flexibility index (Phi) is 4.74. The van der Waals surface area contributed by atoms with E-state index in [2.05, 4.69) is 10.3 Å². The molecule has 8 nitrogen and oxygen atoms in total. The lowest BCUT2D eigenvalue weighted by Crippen LogP contribution is -2.46. The van der Waals surface area contributed by atoms with Crippen LogP contribution in [0.25, 0.3) is 5.65 Å². The summed E-state index contributed by atoms with van der Waals surface area (Å²) in [5.41, 5.74) is 1.20. The second-order valence-electron chi connectivity index (χ2n) is 7.50.